The molecular weight excluding hydrogens is 244 g/mol. The van der Waals surface area contributed by atoms with Crippen molar-refractivity contribution in [2.45, 2.75) is 27.4 Å². The highest BCUT2D eigenvalue weighted by Crippen LogP contribution is 2.14. The molecule has 0 aliphatic heterocycles. The molecule has 0 radical (unpaired) electrons. The van der Waals surface area contributed by atoms with Gasteiger partial charge in [-0.25, -0.2) is 9.97 Å². The first-order valence-electron chi connectivity index (χ1n) is 6.75. The number of anilines is 2. The molecular formula is C13H24N4O2. The largest absolute Gasteiger partial charge is 0.384 e. The Bertz CT molecular complexity index is 374. The Morgan fingerprint density at radius 2 is 1.89 bits per heavy atom. The van der Waals surface area contributed by atoms with Crippen molar-refractivity contribution in [3.05, 3.63) is 11.9 Å². The van der Waals surface area contributed by atoms with Gasteiger partial charge in [-0.2, -0.15) is 0 Å². The van der Waals surface area contributed by atoms with Crippen molar-refractivity contribution < 1.29 is 9.47 Å². The highest BCUT2D eigenvalue weighted by atomic mass is 16.5. The second-order valence-corrected chi connectivity index (χ2v) is 3.98. The van der Waals surface area contributed by atoms with Gasteiger partial charge in [0, 0.05) is 32.4 Å². The fourth-order valence-corrected chi connectivity index (χ4v) is 1.68. The van der Waals surface area contributed by atoms with Gasteiger partial charge in [0.2, 0.25) is 0 Å². The Morgan fingerprint density at radius 3 is 2.53 bits per heavy atom. The van der Waals surface area contributed by atoms with Gasteiger partial charge in [-0.3, -0.25) is 0 Å². The first kappa shape index (κ1) is 15.7. The van der Waals surface area contributed by atoms with Gasteiger partial charge < -0.3 is 20.1 Å². The molecule has 0 aliphatic rings. The third-order valence-electron chi connectivity index (χ3n) is 2.63. The predicted molar refractivity (Wildman–Crippen MR) is 76.2 cm³/mol. The van der Waals surface area contributed by atoms with Crippen LogP contribution < -0.4 is 10.6 Å². The topological polar surface area (TPSA) is 73.5 Å². The van der Waals surface area contributed by atoms with Crippen LogP contribution >= 0.6 is 0 Å². The predicted octanol–water partition coefficient (Wildman–Crippen LogP) is 1.46. The third kappa shape index (κ3) is 5.40. The Balaban J connectivity index is 2.75. The molecule has 19 heavy (non-hydrogen) atoms. The maximum Gasteiger partial charge on any atom is 0.158 e. The molecule has 0 atom stereocenters. The zero-order valence-corrected chi connectivity index (χ0v) is 12.1. The van der Waals surface area contributed by atoms with Crippen molar-refractivity contribution in [2.75, 3.05) is 43.5 Å². The van der Waals surface area contributed by atoms with Crippen molar-refractivity contribution >= 4 is 11.6 Å². The van der Waals surface area contributed by atoms with E-state index in [-0.39, 0.29) is 0 Å². The van der Waals surface area contributed by atoms with Gasteiger partial charge in [0.15, 0.2) is 5.82 Å². The SMILES string of the molecule is CCOCCN(CC)c1cc(N)nc(COCC)n1. The Morgan fingerprint density at radius 1 is 1.16 bits per heavy atom. The molecule has 0 aromatic carbocycles. The fourth-order valence-electron chi connectivity index (χ4n) is 1.68. The number of ether oxygens (including phenoxy) is 2. The van der Waals surface area contributed by atoms with Gasteiger partial charge in [0.25, 0.3) is 0 Å². The van der Waals surface area contributed by atoms with Gasteiger partial charge in [0.1, 0.15) is 18.2 Å². The van der Waals surface area contributed by atoms with Crippen LogP contribution in [-0.2, 0) is 16.1 Å². The average molecular weight is 268 g/mol. The lowest BCUT2D eigenvalue weighted by atomic mass is 10.4. The second-order valence-electron chi connectivity index (χ2n) is 3.98. The number of aromatic nitrogens is 2. The molecule has 0 saturated heterocycles. The molecule has 0 spiro atoms. The molecule has 1 heterocycles. The van der Waals surface area contributed by atoms with E-state index in [1.807, 2.05) is 13.8 Å². The highest BCUT2D eigenvalue weighted by molar-refractivity contribution is 5.46. The van der Waals surface area contributed by atoms with Crippen molar-refractivity contribution in [3.8, 4) is 0 Å². The molecule has 0 unspecified atom stereocenters. The molecule has 6 heteroatoms. The molecule has 2 N–H and O–H groups in total. The molecule has 1 rings (SSSR count). The zero-order valence-electron chi connectivity index (χ0n) is 12.1. The van der Waals surface area contributed by atoms with Crippen LogP contribution in [0.5, 0.6) is 0 Å². The van der Waals surface area contributed by atoms with Gasteiger partial charge in [-0.1, -0.05) is 0 Å². The maximum absolute atomic E-state index is 5.81. The summed E-state index contributed by atoms with van der Waals surface area (Å²) in [5.41, 5.74) is 5.81. The van der Waals surface area contributed by atoms with E-state index in [4.69, 9.17) is 15.2 Å². The van der Waals surface area contributed by atoms with Crippen molar-refractivity contribution in [3.63, 3.8) is 0 Å². The minimum Gasteiger partial charge on any atom is -0.384 e. The van der Waals surface area contributed by atoms with Gasteiger partial charge in [-0.05, 0) is 20.8 Å². The van der Waals surface area contributed by atoms with E-state index in [0.29, 0.717) is 31.5 Å². The molecule has 1 aromatic heterocycles. The van der Waals surface area contributed by atoms with E-state index in [1.54, 1.807) is 6.07 Å². The number of nitrogens with zero attached hydrogens (tertiary/aromatic N) is 3. The number of hydrogen-bond acceptors (Lipinski definition) is 6. The third-order valence-corrected chi connectivity index (χ3v) is 2.63. The number of rotatable bonds is 9. The number of nitrogen functional groups attached to an aromatic ring is 1. The fraction of sp³-hybridized carbons (Fsp3) is 0.692. The van der Waals surface area contributed by atoms with Crippen LogP contribution in [0.15, 0.2) is 6.07 Å². The lowest BCUT2D eigenvalue weighted by molar-refractivity contribution is 0.128. The quantitative estimate of drug-likeness (QED) is 0.683. The molecule has 0 bridgehead atoms. The summed E-state index contributed by atoms with van der Waals surface area (Å²) in [6.45, 7) is 10.0. The van der Waals surface area contributed by atoms with Crippen molar-refractivity contribution in [1.82, 2.24) is 9.97 Å². The molecule has 1 aromatic rings. The van der Waals surface area contributed by atoms with Crippen LogP contribution in [0.25, 0.3) is 0 Å². The van der Waals surface area contributed by atoms with Crippen LogP contribution in [0.1, 0.15) is 26.6 Å². The van der Waals surface area contributed by atoms with E-state index >= 15 is 0 Å². The summed E-state index contributed by atoms with van der Waals surface area (Å²) in [5.74, 6) is 1.91. The van der Waals surface area contributed by atoms with E-state index < -0.39 is 0 Å². The van der Waals surface area contributed by atoms with Gasteiger partial charge in [-0.15, -0.1) is 0 Å². The Hall–Kier alpha value is -1.40. The summed E-state index contributed by atoms with van der Waals surface area (Å²) < 4.78 is 10.7. The molecule has 108 valence electrons. The van der Waals surface area contributed by atoms with Crippen molar-refractivity contribution in [2.24, 2.45) is 0 Å². The van der Waals surface area contributed by atoms with Crippen LogP contribution in [0.3, 0.4) is 0 Å². The normalized spacial score (nSPS) is 10.7. The summed E-state index contributed by atoms with van der Waals surface area (Å²) >= 11 is 0. The minimum atomic E-state index is 0.386. The van der Waals surface area contributed by atoms with Crippen LogP contribution in [0.4, 0.5) is 11.6 Å². The molecule has 0 amide bonds. The monoisotopic (exact) mass is 268 g/mol. The minimum absolute atomic E-state index is 0.386. The van der Waals surface area contributed by atoms with E-state index in [1.165, 1.54) is 0 Å². The van der Waals surface area contributed by atoms with Crippen LogP contribution in [0, 0.1) is 0 Å². The number of hydrogen-bond donors (Lipinski definition) is 1. The van der Waals surface area contributed by atoms with E-state index in [9.17, 15) is 0 Å². The molecule has 0 saturated carbocycles. The number of likely N-dealkylation sites (N-methyl/N-ethyl adjacent to an activating group) is 1. The van der Waals surface area contributed by atoms with E-state index in [2.05, 4.69) is 21.8 Å². The molecule has 6 nitrogen and oxygen atoms in total. The standard InChI is InChI=1S/C13H24N4O2/c1-4-17(7-8-18-5-2)13-9-11(14)15-12(16-13)10-19-6-3/h9H,4-8,10H2,1-3H3,(H2,14,15,16). The highest BCUT2D eigenvalue weighted by Gasteiger charge is 2.09. The molecule has 0 aliphatic carbocycles. The summed E-state index contributed by atoms with van der Waals surface area (Å²) in [7, 11) is 0. The first-order chi connectivity index (χ1) is 9.21. The summed E-state index contributed by atoms with van der Waals surface area (Å²) in [6, 6.07) is 1.78. The van der Waals surface area contributed by atoms with Crippen molar-refractivity contribution in [1.29, 1.82) is 0 Å². The summed E-state index contributed by atoms with van der Waals surface area (Å²) in [5, 5.41) is 0. The average Bonchev–Trinajstić information content (AvgIpc) is 2.41. The Labute approximate surface area is 114 Å². The van der Waals surface area contributed by atoms with Gasteiger partial charge in [0.05, 0.1) is 6.61 Å². The second kappa shape index (κ2) is 8.66. The molecule has 0 fully saturated rings. The summed E-state index contributed by atoms with van der Waals surface area (Å²) in [4.78, 5) is 10.8. The summed E-state index contributed by atoms with van der Waals surface area (Å²) in [6.07, 6.45) is 0. The van der Waals surface area contributed by atoms with E-state index in [0.717, 1.165) is 25.5 Å². The lowest BCUT2D eigenvalue weighted by Crippen LogP contribution is -2.28. The zero-order chi connectivity index (χ0) is 14.1. The van der Waals surface area contributed by atoms with Gasteiger partial charge >= 0.3 is 0 Å². The van der Waals surface area contributed by atoms with Crippen LogP contribution in [0.2, 0.25) is 0 Å². The lowest BCUT2D eigenvalue weighted by Gasteiger charge is -2.22. The smallest absolute Gasteiger partial charge is 0.158 e. The number of nitrogens with two attached hydrogens (primary N) is 1. The van der Waals surface area contributed by atoms with Crippen LogP contribution in [-0.4, -0.2) is 42.9 Å². The first-order valence-corrected chi connectivity index (χ1v) is 6.75. The Kier molecular flexibility index (Phi) is 7.14. The maximum atomic E-state index is 5.81.